The van der Waals surface area contributed by atoms with E-state index in [1.807, 2.05) is 0 Å². The molecule has 0 radical (unpaired) electrons. The average Bonchev–Trinajstić information content (AvgIpc) is 2.95. The van der Waals surface area contributed by atoms with Crippen LogP contribution in [0.15, 0.2) is 30.3 Å². The molecule has 2 aromatic carbocycles. The number of aromatic amines is 2. The van der Waals surface area contributed by atoms with Crippen LogP contribution < -0.4 is 15.4 Å². The van der Waals surface area contributed by atoms with E-state index in [4.69, 9.17) is 17.0 Å². The Labute approximate surface area is 151 Å². The third-order valence-corrected chi connectivity index (χ3v) is 4.21. The minimum atomic E-state index is -0.583. The Morgan fingerprint density at radius 1 is 1.27 bits per heavy atom. The van der Waals surface area contributed by atoms with Gasteiger partial charge in [-0.2, -0.15) is 0 Å². The molecule has 1 aliphatic rings. The van der Waals surface area contributed by atoms with Gasteiger partial charge in [-0.25, -0.2) is 4.39 Å². The van der Waals surface area contributed by atoms with Gasteiger partial charge in [0.1, 0.15) is 11.6 Å². The number of carbonyl (C=O) groups is 2. The fraction of sp³-hybridized carbons (Fsp3) is 0.118. The highest BCUT2D eigenvalue weighted by atomic mass is 32.1. The molecule has 7 nitrogen and oxygen atoms in total. The minimum absolute atomic E-state index is 0.110. The van der Waals surface area contributed by atoms with Crippen molar-refractivity contribution in [3.63, 3.8) is 0 Å². The molecule has 3 aromatic rings. The first-order chi connectivity index (χ1) is 12.4. The summed E-state index contributed by atoms with van der Waals surface area (Å²) in [4.78, 5) is 29.9. The summed E-state index contributed by atoms with van der Waals surface area (Å²) in [5, 5.41) is 5.39. The molecule has 2 amide bonds. The van der Waals surface area contributed by atoms with Crippen molar-refractivity contribution in [3.8, 4) is 5.75 Å². The quantitative estimate of drug-likeness (QED) is 0.519. The van der Waals surface area contributed by atoms with Crippen LogP contribution in [0.1, 0.15) is 17.3 Å². The summed E-state index contributed by atoms with van der Waals surface area (Å²) in [6.45, 7) is 1.64. The lowest BCUT2D eigenvalue weighted by atomic mass is 10.1. The van der Waals surface area contributed by atoms with Gasteiger partial charge in [-0.3, -0.25) is 9.59 Å². The molecule has 9 heteroatoms. The maximum Gasteiger partial charge on any atom is 0.265 e. The van der Waals surface area contributed by atoms with E-state index >= 15 is 0 Å². The number of carbonyl (C=O) groups excluding carboxylic acids is 2. The summed E-state index contributed by atoms with van der Waals surface area (Å²) in [6.07, 6.45) is -0.583. The van der Waals surface area contributed by atoms with Crippen LogP contribution >= 0.6 is 12.2 Å². The highest BCUT2D eigenvalue weighted by Gasteiger charge is 2.24. The first-order valence-corrected chi connectivity index (χ1v) is 8.16. The molecular formula is C17H13FN4O3S. The van der Waals surface area contributed by atoms with Crippen LogP contribution in [-0.4, -0.2) is 27.9 Å². The van der Waals surface area contributed by atoms with Crippen LogP contribution in [0.3, 0.4) is 0 Å². The van der Waals surface area contributed by atoms with Gasteiger partial charge in [0.2, 0.25) is 0 Å². The van der Waals surface area contributed by atoms with E-state index < -0.39 is 17.8 Å². The molecular weight excluding hydrogens is 359 g/mol. The Kier molecular flexibility index (Phi) is 3.73. The second kappa shape index (κ2) is 5.95. The van der Waals surface area contributed by atoms with Crippen LogP contribution in [0, 0.1) is 10.6 Å². The summed E-state index contributed by atoms with van der Waals surface area (Å²) in [5.41, 5.74) is 1.81. The zero-order valence-corrected chi connectivity index (χ0v) is 14.3. The number of H-pyrrole nitrogens is 2. The molecule has 1 unspecified atom stereocenters. The van der Waals surface area contributed by atoms with Crippen LogP contribution in [0.4, 0.5) is 15.8 Å². The molecule has 132 valence electrons. The van der Waals surface area contributed by atoms with Crippen molar-refractivity contribution in [1.82, 2.24) is 9.97 Å². The third-order valence-electron chi connectivity index (χ3n) is 4.00. The topological polar surface area (TPSA) is 99.0 Å². The molecule has 4 N–H and O–H groups in total. The molecule has 0 spiro atoms. The number of rotatable bonds is 2. The second-order valence-corrected chi connectivity index (χ2v) is 6.28. The number of ether oxygens (including phenoxy) is 1. The van der Waals surface area contributed by atoms with Gasteiger partial charge >= 0.3 is 0 Å². The molecule has 26 heavy (non-hydrogen) atoms. The number of nitrogens with one attached hydrogen (secondary N) is 4. The van der Waals surface area contributed by atoms with Gasteiger partial charge in [0.25, 0.3) is 11.8 Å². The number of anilines is 2. The van der Waals surface area contributed by atoms with Crippen molar-refractivity contribution in [2.24, 2.45) is 0 Å². The number of hydrogen-bond acceptors (Lipinski definition) is 4. The Balaban J connectivity index is 1.66. The molecule has 0 saturated carbocycles. The Morgan fingerprint density at radius 2 is 2.08 bits per heavy atom. The van der Waals surface area contributed by atoms with E-state index in [1.54, 1.807) is 25.1 Å². The summed E-state index contributed by atoms with van der Waals surface area (Å²) < 4.78 is 19.6. The lowest BCUT2D eigenvalue weighted by Crippen LogP contribution is -2.34. The van der Waals surface area contributed by atoms with Crippen molar-refractivity contribution in [2.45, 2.75) is 13.0 Å². The number of imidazole rings is 1. The Bertz CT molecular complexity index is 1120. The van der Waals surface area contributed by atoms with Crippen molar-refractivity contribution in [2.75, 3.05) is 10.6 Å². The normalized spacial score (nSPS) is 15.9. The number of halogens is 1. The van der Waals surface area contributed by atoms with Crippen LogP contribution in [0.5, 0.6) is 5.75 Å². The molecule has 1 aromatic heterocycles. The smallest absolute Gasteiger partial charge is 0.265 e. The Hall–Kier alpha value is -3.20. The zero-order chi connectivity index (χ0) is 18.4. The van der Waals surface area contributed by atoms with Crippen molar-refractivity contribution >= 4 is 46.4 Å². The van der Waals surface area contributed by atoms with E-state index in [0.717, 1.165) is 6.07 Å². The molecule has 0 aliphatic carbocycles. The van der Waals surface area contributed by atoms with E-state index in [1.165, 1.54) is 6.07 Å². The second-order valence-electron chi connectivity index (χ2n) is 5.87. The highest BCUT2D eigenvalue weighted by molar-refractivity contribution is 7.71. The molecule has 0 saturated heterocycles. The minimum Gasteiger partial charge on any atom is -0.479 e. The van der Waals surface area contributed by atoms with Crippen LogP contribution in [0.25, 0.3) is 11.0 Å². The molecule has 2 heterocycles. The SMILES string of the molecule is CC1Oc2ccc(NC(=O)c3cc(F)cc4[nH]c(=S)[nH]c34)cc2NC1=O. The Morgan fingerprint density at radius 3 is 2.88 bits per heavy atom. The van der Waals surface area contributed by atoms with E-state index in [0.29, 0.717) is 32.9 Å². The predicted molar refractivity (Wildman–Crippen MR) is 96.6 cm³/mol. The van der Waals surface area contributed by atoms with Gasteiger partial charge in [-0.1, -0.05) is 0 Å². The van der Waals surface area contributed by atoms with Crippen LogP contribution in [0.2, 0.25) is 0 Å². The molecule has 0 bridgehead atoms. The molecule has 1 atom stereocenters. The predicted octanol–water partition coefficient (Wildman–Crippen LogP) is 3.34. The van der Waals surface area contributed by atoms with Gasteiger partial charge in [0, 0.05) is 5.69 Å². The van der Waals surface area contributed by atoms with E-state index in [-0.39, 0.29) is 11.5 Å². The number of benzene rings is 2. The average molecular weight is 372 g/mol. The van der Waals surface area contributed by atoms with Gasteiger partial charge in [0.15, 0.2) is 10.9 Å². The fourth-order valence-electron chi connectivity index (χ4n) is 2.77. The van der Waals surface area contributed by atoms with Gasteiger partial charge in [-0.15, -0.1) is 0 Å². The van der Waals surface area contributed by atoms with Crippen LogP contribution in [-0.2, 0) is 4.79 Å². The van der Waals surface area contributed by atoms with E-state index in [9.17, 15) is 14.0 Å². The zero-order valence-electron chi connectivity index (χ0n) is 13.5. The summed E-state index contributed by atoms with van der Waals surface area (Å²) in [5.74, 6) is -0.838. The first kappa shape index (κ1) is 16.3. The number of amides is 2. The van der Waals surface area contributed by atoms with Gasteiger partial charge < -0.3 is 25.3 Å². The lowest BCUT2D eigenvalue weighted by Gasteiger charge is -2.23. The van der Waals surface area contributed by atoms with Gasteiger partial charge in [0.05, 0.1) is 22.3 Å². The lowest BCUT2D eigenvalue weighted by molar-refractivity contribution is -0.122. The summed E-state index contributed by atoms with van der Waals surface area (Å²) >= 11 is 5.00. The third kappa shape index (κ3) is 2.82. The highest BCUT2D eigenvalue weighted by Crippen LogP contribution is 2.32. The summed E-state index contributed by atoms with van der Waals surface area (Å²) in [7, 11) is 0. The summed E-state index contributed by atoms with van der Waals surface area (Å²) in [6, 6.07) is 7.24. The van der Waals surface area contributed by atoms with E-state index in [2.05, 4.69) is 20.6 Å². The number of fused-ring (bicyclic) bond motifs is 2. The number of aromatic nitrogens is 2. The molecule has 4 rings (SSSR count). The number of hydrogen-bond donors (Lipinski definition) is 4. The maximum atomic E-state index is 13.8. The molecule has 0 fully saturated rings. The fourth-order valence-corrected chi connectivity index (χ4v) is 2.98. The largest absolute Gasteiger partial charge is 0.479 e. The van der Waals surface area contributed by atoms with Crippen molar-refractivity contribution < 1.29 is 18.7 Å². The van der Waals surface area contributed by atoms with Crippen molar-refractivity contribution in [3.05, 3.63) is 46.5 Å². The molecule has 1 aliphatic heterocycles. The van der Waals surface area contributed by atoms with Gasteiger partial charge in [-0.05, 0) is 49.5 Å². The maximum absolute atomic E-state index is 13.8. The first-order valence-electron chi connectivity index (χ1n) is 7.75. The standard InChI is InChI=1S/C17H13FN4O3S/c1-7-15(23)20-11-6-9(2-3-13(11)25-7)19-16(24)10-4-8(18)5-12-14(10)22-17(26)21-12/h2-7H,1H3,(H,19,24)(H,20,23)(H2,21,22,26). The monoisotopic (exact) mass is 372 g/mol. The van der Waals surface area contributed by atoms with Crippen molar-refractivity contribution in [1.29, 1.82) is 0 Å².